The molecule has 0 saturated carbocycles. The maximum atomic E-state index is 11.5. The van der Waals surface area contributed by atoms with Gasteiger partial charge in [0.2, 0.25) is 0 Å². The van der Waals surface area contributed by atoms with Crippen LogP contribution >= 0.6 is 0 Å². The number of hydrogen-bond acceptors (Lipinski definition) is 5. The maximum absolute atomic E-state index is 11.5. The van der Waals surface area contributed by atoms with E-state index in [9.17, 15) is 4.79 Å². The van der Waals surface area contributed by atoms with Crippen LogP contribution in [0.2, 0.25) is 0 Å². The Morgan fingerprint density at radius 3 is 2.38 bits per heavy atom. The molecule has 0 unspecified atom stereocenters. The van der Waals surface area contributed by atoms with Crippen LogP contribution in [0.25, 0.3) is 0 Å². The largest absolute Gasteiger partial charge is 0.496 e. The highest BCUT2D eigenvalue weighted by molar-refractivity contribution is 5.98. The van der Waals surface area contributed by atoms with Gasteiger partial charge in [0, 0.05) is 6.07 Å². The van der Waals surface area contributed by atoms with Gasteiger partial charge in [0.15, 0.2) is 11.5 Å². The first-order chi connectivity index (χ1) is 7.72. The summed E-state index contributed by atoms with van der Waals surface area (Å²) in [6, 6.07) is 1.62. The van der Waals surface area contributed by atoms with E-state index in [1.165, 1.54) is 21.3 Å². The molecular weight excluding hydrogens is 212 g/mol. The summed E-state index contributed by atoms with van der Waals surface area (Å²) in [7, 11) is 4.54. The van der Waals surface area contributed by atoms with Gasteiger partial charge in [-0.1, -0.05) is 0 Å². The first kappa shape index (κ1) is 10.6. The van der Waals surface area contributed by atoms with Gasteiger partial charge in [-0.05, 0) is 0 Å². The molecule has 1 aliphatic heterocycles. The standard InChI is InChI=1S/C11H12O5/c1-13-7-4-8(14-2)10(15-3)6-5-16-11(12)9(6)7/h4H,5H2,1-3H3. The number of carbonyl (C=O) groups excluding carboxylic acids is 1. The summed E-state index contributed by atoms with van der Waals surface area (Å²) >= 11 is 0. The number of benzene rings is 1. The highest BCUT2D eigenvalue weighted by Gasteiger charge is 2.31. The molecule has 0 radical (unpaired) electrons. The van der Waals surface area contributed by atoms with Crippen LogP contribution in [0.15, 0.2) is 6.07 Å². The van der Waals surface area contributed by atoms with E-state index < -0.39 is 5.97 Å². The third kappa shape index (κ3) is 1.36. The summed E-state index contributed by atoms with van der Waals surface area (Å²) in [5.74, 6) is 1.09. The molecule has 0 N–H and O–H groups in total. The van der Waals surface area contributed by atoms with Crippen molar-refractivity contribution in [2.45, 2.75) is 6.61 Å². The van der Waals surface area contributed by atoms with Gasteiger partial charge in [0.05, 0.1) is 26.9 Å². The Morgan fingerprint density at radius 2 is 1.81 bits per heavy atom. The molecule has 0 spiro atoms. The van der Waals surface area contributed by atoms with Crippen molar-refractivity contribution in [1.29, 1.82) is 0 Å². The van der Waals surface area contributed by atoms with Gasteiger partial charge in [-0.25, -0.2) is 4.79 Å². The Morgan fingerprint density at radius 1 is 1.12 bits per heavy atom. The Hall–Kier alpha value is -1.91. The number of carbonyl (C=O) groups is 1. The molecule has 0 aromatic heterocycles. The average molecular weight is 224 g/mol. The van der Waals surface area contributed by atoms with Gasteiger partial charge >= 0.3 is 5.97 Å². The van der Waals surface area contributed by atoms with Gasteiger partial charge in [0.1, 0.15) is 17.9 Å². The number of fused-ring (bicyclic) bond motifs is 1. The van der Waals surface area contributed by atoms with Gasteiger partial charge < -0.3 is 18.9 Å². The van der Waals surface area contributed by atoms with Crippen LogP contribution < -0.4 is 14.2 Å². The molecule has 1 aromatic carbocycles. The molecule has 1 aliphatic rings. The smallest absolute Gasteiger partial charge is 0.342 e. The lowest BCUT2D eigenvalue weighted by molar-refractivity contribution is 0.0532. The molecule has 5 nitrogen and oxygen atoms in total. The first-order valence-corrected chi connectivity index (χ1v) is 4.71. The summed E-state index contributed by atoms with van der Waals surface area (Å²) in [5, 5.41) is 0. The van der Waals surface area contributed by atoms with E-state index in [0.717, 1.165) is 0 Å². The number of methoxy groups -OCH3 is 3. The van der Waals surface area contributed by atoms with Crippen molar-refractivity contribution >= 4 is 5.97 Å². The Labute approximate surface area is 92.9 Å². The van der Waals surface area contributed by atoms with E-state index in [0.29, 0.717) is 28.4 Å². The lowest BCUT2D eigenvalue weighted by atomic mass is 10.1. The van der Waals surface area contributed by atoms with Crippen molar-refractivity contribution < 1.29 is 23.7 Å². The zero-order chi connectivity index (χ0) is 11.7. The van der Waals surface area contributed by atoms with E-state index in [4.69, 9.17) is 18.9 Å². The highest BCUT2D eigenvalue weighted by Crippen LogP contribution is 2.42. The first-order valence-electron chi connectivity index (χ1n) is 4.71. The van der Waals surface area contributed by atoms with Crippen LogP contribution in [0.5, 0.6) is 17.2 Å². The van der Waals surface area contributed by atoms with Gasteiger partial charge in [0.25, 0.3) is 0 Å². The molecule has 0 fully saturated rings. The number of cyclic esters (lactones) is 1. The quantitative estimate of drug-likeness (QED) is 0.726. The monoisotopic (exact) mass is 224 g/mol. The fourth-order valence-corrected chi connectivity index (χ4v) is 1.78. The molecule has 5 heteroatoms. The highest BCUT2D eigenvalue weighted by atomic mass is 16.5. The number of rotatable bonds is 3. The van der Waals surface area contributed by atoms with Crippen molar-refractivity contribution in [3.8, 4) is 17.2 Å². The minimum absolute atomic E-state index is 0.185. The molecule has 0 aliphatic carbocycles. The van der Waals surface area contributed by atoms with Crippen molar-refractivity contribution in [3.05, 3.63) is 17.2 Å². The Kier molecular flexibility index (Phi) is 2.60. The topological polar surface area (TPSA) is 54.0 Å². The van der Waals surface area contributed by atoms with E-state index in [-0.39, 0.29) is 6.61 Å². The summed E-state index contributed by atoms with van der Waals surface area (Å²) in [5.41, 5.74) is 1.09. The minimum Gasteiger partial charge on any atom is -0.496 e. The predicted octanol–water partition coefficient (Wildman–Crippen LogP) is 1.38. The fraction of sp³-hybridized carbons (Fsp3) is 0.364. The lowest BCUT2D eigenvalue weighted by Crippen LogP contribution is -2.01. The summed E-state index contributed by atoms with van der Waals surface area (Å²) in [6.07, 6.45) is 0. The van der Waals surface area contributed by atoms with Crippen LogP contribution in [0, 0.1) is 0 Å². The number of hydrogen-bond donors (Lipinski definition) is 0. The fourth-order valence-electron chi connectivity index (χ4n) is 1.78. The second-order valence-corrected chi connectivity index (χ2v) is 3.24. The van der Waals surface area contributed by atoms with Crippen LogP contribution in [0.4, 0.5) is 0 Å². The van der Waals surface area contributed by atoms with E-state index in [1.54, 1.807) is 6.07 Å². The van der Waals surface area contributed by atoms with Gasteiger partial charge in [-0.2, -0.15) is 0 Å². The molecule has 0 atom stereocenters. The second-order valence-electron chi connectivity index (χ2n) is 3.24. The molecule has 16 heavy (non-hydrogen) atoms. The van der Waals surface area contributed by atoms with Crippen LogP contribution in [0.1, 0.15) is 15.9 Å². The lowest BCUT2D eigenvalue weighted by Gasteiger charge is -2.12. The minimum atomic E-state index is -0.396. The van der Waals surface area contributed by atoms with E-state index in [2.05, 4.69) is 0 Å². The zero-order valence-electron chi connectivity index (χ0n) is 9.33. The summed E-state index contributed by atoms with van der Waals surface area (Å²) in [6.45, 7) is 0.185. The molecule has 86 valence electrons. The van der Waals surface area contributed by atoms with Crippen molar-refractivity contribution in [2.75, 3.05) is 21.3 Å². The maximum Gasteiger partial charge on any atom is 0.342 e. The third-order valence-electron chi connectivity index (χ3n) is 2.50. The molecule has 0 saturated heterocycles. The molecular formula is C11H12O5. The molecule has 1 aromatic rings. The summed E-state index contributed by atoms with van der Waals surface area (Å²) in [4.78, 5) is 11.5. The van der Waals surface area contributed by atoms with Crippen molar-refractivity contribution in [3.63, 3.8) is 0 Å². The van der Waals surface area contributed by atoms with Crippen LogP contribution in [-0.4, -0.2) is 27.3 Å². The van der Waals surface area contributed by atoms with Crippen LogP contribution in [-0.2, 0) is 11.3 Å². The molecule has 2 rings (SSSR count). The predicted molar refractivity (Wildman–Crippen MR) is 55.2 cm³/mol. The zero-order valence-corrected chi connectivity index (χ0v) is 9.33. The van der Waals surface area contributed by atoms with Gasteiger partial charge in [-0.3, -0.25) is 0 Å². The van der Waals surface area contributed by atoms with Crippen LogP contribution in [0.3, 0.4) is 0 Å². The van der Waals surface area contributed by atoms with E-state index >= 15 is 0 Å². The normalized spacial score (nSPS) is 13.1. The average Bonchev–Trinajstić information content (AvgIpc) is 2.69. The van der Waals surface area contributed by atoms with Crippen molar-refractivity contribution in [1.82, 2.24) is 0 Å². The number of ether oxygens (including phenoxy) is 4. The molecule has 0 bridgehead atoms. The second kappa shape index (κ2) is 3.92. The Balaban J connectivity index is 2.69. The van der Waals surface area contributed by atoms with E-state index in [1.807, 2.05) is 0 Å². The third-order valence-corrected chi connectivity index (χ3v) is 2.50. The summed E-state index contributed by atoms with van der Waals surface area (Å²) < 4.78 is 20.5. The molecule has 0 amide bonds. The number of esters is 1. The van der Waals surface area contributed by atoms with Gasteiger partial charge in [-0.15, -0.1) is 0 Å². The Bertz CT molecular complexity index is 438. The SMILES string of the molecule is COc1cc(OC)c2c(c1OC)COC2=O. The van der Waals surface area contributed by atoms with Crippen molar-refractivity contribution in [2.24, 2.45) is 0 Å². The molecule has 1 heterocycles.